The molecule has 0 saturated carbocycles. The molecule has 0 unspecified atom stereocenters. The molecule has 10 heteroatoms. The number of nitrogens with one attached hydrogen (secondary N) is 1. The van der Waals surface area contributed by atoms with Crippen molar-refractivity contribution in [2.45, 2.75) is 39.2 Å². The molecule has 0 aliphatic carbocycles. The SMILES string of the molecule is Cc1nn2cc(CCNC(=O)c3cn(CCN4CCCCC4)nn3)nc2s1. The van der Waals surface area contributed by atoms with Gasteiger partial charge in [-0.2, -0.15) is 5.10 Å². The van der Waals surface area contributed by atoms with Gasteiger partial charge in [0.25, 0.3) is 5.91 Å². The van der Waals surface area contributed by atoms with Gasteiger partial charge < -0.3 is 10.2 Å². The van der Waals surface area contributed by atoms with Crippen molar-refractivity contribution in [1.29, 1.82) is 0 Å². The van der Waals surface area contributed by atoms with Crippen molar-refractivity contribution in [3.63, 3.8) is 0 Å². The summed E-state index contributed by atoms with van der Waals surface area (Å²) in [6.07, 6.45) is 8.16. The predicted octanol–water partition coefficient (Wildman–Crippen LogP) is 1.15. The van der Waals surface area contributed by atoms with Gasteiger partial charge in [-0.25, -0.2) is 9.50 Å². The molecular weight excluding hydrogens is 364 g/mol. The highest BCUT2D eigenvalue weighted by Crippen LogP contribution is 2.13. The van der Waals surface area contributed by atoms with E-state index in [-0.39, 0.29) is 5.91 Å². The monoisotopic (exact) mass is 388 g/mol. The van der Waals surface area contributed by atoms with Gasteiger partial charge in [-0.05, 0) is 32.9 Å². The summed E-state index contributed by atoms with van der Waals surface area (Å²) in [7, 11) is 0. The highest BCUT2D eigenvalue weighted by Gasteiger charge is 2.13. The van der Waals surface area contributed by atoms with Crippen molar-refractivity contribution in [2.24, 2.45) is 0 Å². The lowest BCUT2D eigenvalue weighted by molar-refractivity contribution is 0.0949. The van der Waals surface area contributed by atoms with Crippen LogP contribution in [0.4, 0.5) is 0 Å². The number of likely N-dealkylation sites (tertiary alicyclic amines) is 1. The minimum atomic E-state index is -0.200. The molecule has 1 aliphatic rings. The lowest BCUT2D eigenvalue weighted by Crippen LogP contribution is -2.32. The maximum Gasteiger partial charge on any atom is 0.273 e. The molecule has 0 bridgehead atoms. The molecule has 9 nitrogen and oxygen atoms in total. The van der Waals surface area contributed by atoms with Crippen LogP contribution in [0.5, 0.6) is 0 Å². The first-order valence-corrected chi connectivity index (χ1v) is 10.2. The fourth-order valence-corrected chi connectivity index (χ4v) is 4.04. The molecule has 0 atom stereocenters. The van der Waals surface area contributed by atoms with E-state index < -0.39 is 0 Å². The normalized spacial score (nSPS) is 15.4. The largest absolute Gasteiger partial charge is 0.350 e. The third-order valence-corrected chi connectivity index (χ3v) is 5.56. The number of carbonyl (C=O) groups is 1. The average Bonchev–Trinajstić information content (AvgIpc) is 3.35. The van der Waals surface area contributed by atoms with Gasteiger partial charge in [0.05, 0.1) is 24.6 Å². The Labute approximate surface area is 161 Å². The smallest absolute Gasteiger partial charge is 0.273 e. The molecule has 3 aromatic heterocycles. The second kappa shape index (κ2) is 8.13. The van der Waals surface area contributed by atoms with Crippen LogP contribution in [0.1, 0.15) is 40.5 Å². The lowest BCUT2D eigenvalue weighted by atomic mass is 10.1. The van der Waals surface area contributed by atoms with Crippen LogP contribution in [0.25, 0.3) is 4.96 Å². The van der Waals surface area contributed by atoms with Crippen LogP contribution in [0.15, 0.2) is 12.4 Å². The van der Waals surface area contributed by atoms with Gasteiger partial charge in [0.2, 0.25) is 4.96 Å². The van der Waals surface area contributed by atoms with E-state index in [0.717, 1.165) is 41.8 Å². The Morgan fingerprint density at radius 3 is 2.89 bits per heavy atom. The zero-order valence-corrected chi connectivity index (χ0v) is 16.3. The molecule has 4 heterocycles. The molecule has 1 aliphatic heterocycles. The van der Waals surface area contributed by atoms with E-state index in [4.69, 9.17) is 0 Å². The first kappa shape index (κ1) is 18.1. The summed E-state index contributed by atoms with van der Waals surface area (Å²) in [6.45, 7) is 6.49. The summed E-state index contributed by atoms with van der Waals surface area (Å²) in [5.74, 6) is -0.200. The Morgan fingerprint density at radius 2 is 2.07 bits per heavy atom. The number of amides is 1. The van der Waals surface area contributed by atoms with E-state index in [1.54, 1.807) is 26.7 Å². The number of imidazole rings is 1. The molecule has 3 aromatic rings. The van der Waals surface area contributed by atoms with E-state index in [2.05, 4.69) is 30.6 Å². The molecule has 0 radical (unpaired) electrons. The Morgan fingerprint density at radius 1 is 1.22 bits per heavy atom. The molecule has 144 valence electrons. The highest BCUT2D eigenvalue weighted by molar-refractivity contribution is 7.16. The van der Waals surface area contributed by atoms with Crippen molar-refractivity contribution in [1.82, 2.24) is 39.8 Å². The molecule has 0 spiro atoms. The van der Waals surface area contributed by atoms with Crippen molar-refractivity contribution < 1.29 is 4.79 Å². The van der Waals surface area contributed by atoms with E-state index in [1.807, 2.05) is 13.1 Å². The lowest BCUT2D eigenvalue weighted by Gasteiger charge is -2.25. The molecule has 1 saturated heterocycles. The van der Waals surface area contributed by atoms with Gasteiger partial charge in [0.15, 0.2) is 5.69 Å². The summed E-state index contributed by atoms with van der Waals surface area (Å²) >= 11 is 1.56. The standard InChI is InChI=1S/C17H24N8OS/c1-13-21-25-11-14(19-17(25)27-13)5-6-18-16(26)15-12-24(22-20-15)10-9-23-7-3-2-4-8-23/h11-12H,2-10H2,1H3,(H,18,26). The number of nitrogens with zero attached hydrogens (tertiary/aromatic N) is 7. The van der Waals surface area contributed by atoms with Crippen molar-refractivity contribution in [2.75, 3.05) is 26.2 Å². The molecule has 1 amide bonds. The number of hydrogen-bond donors (Lipinski definition) is 1. The van der Waals surface area contributed by atoms with Crippen molar-refractivity contribution in [3.05, 3.63) is 28.8 Å². The number of fused-ring (bicyclic) bond motifs is 1. The molecule has 0 aromatic carbocycles. The summed E-state index contributed by atoms with van der Waals surface area (Å²) in [5, 5.41) is 16.3. The Hall–Kier alpha value is -2.33. The van der Waals surface area contributed by atoms with Crippen LogP contribution < -0.4 is 5.32 Å². The van der Waals surface area contributed by atoms with Crippen LogP contribution >= 0.6 is 11.3 Å². The first-order valence-electron chi connectivity index (χ1n) is 9.40. The van der Waals surface area contributed by atoms with Gasteiger partial charge in [-0.15, -0.1) is 5.10 Å². The van der Waals surface area contributed by atoms with Gasteiger partial charge in [-0.3, -0.25) is 9.48 Å². The van der Waals surface area contributed by atoms with Crippen LogP contribution in [-0.2, 0) is 13.0 Å². The van der Waals surface area contributed by atoms with E-state index in [0.29, 0.717) is 18.7 Å². The van der Waals surface area contributed by atoms with Crippen LogP contribution in [0.2, 0.25) is 0 Å². The maximum absolute atomic E-state index is 12.2. The van der Waals surface area contributed by atoms with Gasteiger partial charge in [-0.1, -0.05) is 23.0 Å². The van der Waals surface area contributed by atoms with Gasteiger partial charge in [0.1, 0.15) is 5.01 Å². The molecule has 4 rings (SSSR count). The summed E-state index contributed by atoms with van der Waals surface area (Å²) < 4.78 is 3.53. The van der Waals surface area contributed by atoms with E-state index in [1.165, 1.54) is 19.3 Å². The Bertz CT molecular complexity index is 876. The van der Waals surface area contributed by atoms with E-state index in [9.17, 15) is 4.79 Å². The van der Waals surface area contributed by atoms with Crippen LogP contribution in [0.3, 0.4) is 0 Å². The van der Waals surface area contributed by atoms with Crippen molar-refractivity contribution >= 4 is 22.2 Å². The van der Waals surface area contributed by atoms with Crippen molar-refractivity contribution in [3.8, 4) is 0 Å². The predicted molar refractivity (Wildman–Crippen MR) is 102 cm³/mol. The average molecular weight is 389 g/mol. The Kier molecular flexibility index (Phi) is 5.44. The second-order valence-corrected chi connectivity index (χ2v) is 8.02. The molecule has 1 fully saturated rings. The topological polar surface area (TPSA) is 93.2 Å². The zero-order chi connectivity index (χ0) is 18.6. The number of rotatable bonds is 7. The second-order valence-electron chi connectivity index (χ2n) is 6.86. The van der Waals surface area contributed by atoms with Crippen LogP contribution in [0, 0.1) is 6.92 Å². The number of carbonyl (C=O) groups excluding carboxylic acids is 1. The first-order chi connectivity index (χ1) is 13.2. The molecule has 27 heavy (non-hydrogen) atoms. The zero-order valence-electron chi connectivity index (χ0n) is 15.5. The minimum Gasteiger partial charge on any atom is -0.350 e. The van der Waals surface area contributed by atoms with Gasteiger partial charge >= 0.3 is 0 Å². The third kappa shape index (κ3) is 4.51. The summed E-state index contributed by atoms with van der Waals surface area (Å²) in [6, 6.07) is 0. The van der Waals surface area contributed by atoms with E-state index >= 15 is 0 Å². The summed E-state index contributed by atoms with van der Waals surface area (Å²) in [5.41, 5.74) is 1.27. The number of hydrogen-bond acceptors (Lipinski definition) is 7. The van der Waals surface area contributed by atoms with Crippen LogP contribution in [-0.4, -0.2) is 66.6 Å². The fraction of sp³-hybridized carbons (Fsp3) is 0.588. The molecular formula is C17H24N8OS. The third-order valence-electron chi connectivity index (χ3n) is 4.73. The summed E-state index contributed by atoms with van der Waals surface area (Å²) in [4.78, 5) is 20.1. The minimum absolute atomic E-state index is 0.200. The van der Waals surface area contributed by atoms with Gasteiger partial charge in [0, 0.05) is 19.5 Å². The Balaban J connectivity index is 1.23. The number of aromatic nitrogens is 6. The number of piperidine rings is 1. The maximum atomic E-state index is 12.2. The fourth-order valence-electron chi connectivity index (χ4n) is 3.30. The molecule has 1 N–H and O–H groups in total. The highest BCUT2D eigenvalue weighted by atomic mass is 32.1. The number of aryl methyl sites for hydroxylation is 1. The quantitative estimate of drug-likeness (QED) is 0.653.